The molecule has 4 rings (SSSR count). The van der Waals surface area contributed by atoms with Crippen LogP contribution < -0.4 is 24.7 Å². The summed E-state index contributed by atoms with van der Waals surface area (Å²) in [6, 6.07) is 19.7. The first-order valence-corrected chi connectivity index (χ1v) is 10.9. The van der Waals surface area contributed by atoms with Gasteiger partial charge in [0, 0.05) is 11.6 Å². The fourth-order valence-electron chi connectivity index (χ4n) is 3.83. The maximum Gasteiger partial charge on any atom is 0.343 e. The standard InChI is InChI=1S/C28H24N2O5/c1-4-13-33-23-12-9-19(14-25(23)32-3)26-21-11-10-20(15-24(21)35-27(30)22(26)16-29)34-28(31)18-7-5-17(2)6-8-18/h4-12,14-15,26H,1,13,30H2,2-3H3. The minimum atomic E-state index is -0.507. The van der Waals surface area contributed by atoms with Crippen molar-refractivity contribution in [2.24, 2.45) is 5.73 Å². The molecule has 0 radical (unpaired) electrons. The number of fused-ring (bicyclic) bond motifs is 1. The molecule has 35 heavy (non-hydrogen) atoms. The second-order valence-corrected chi connectivity index (χ2v) is 7.89. The predicted octanol–water partition coefficient (Wildman–Crippen LogP) is 5.01. The molecule has 0 spiro atoms. The van der Waals surface area contributed by atoms with Gasteiger partial charge in [0.05, 0.1) is 18.6 Å². The third-order valence-electron chi connectivity index (χ3n) is 5.57. The molecule has 1 unspecified atom stereocenters. The van der Waals surface area contributed by atoms with Gasteiger partial charge in [-0.2, -0.15) is 5.26 Å². The Morgan fingerprint density at radius 2 is 1.91 bits per heavy atom. The van der Waals surface area contributed by atoms with Crippen LogP contribution in [0.15, 0.2) is 84.8 Å². The summed E-state index contributed by atoms with van der Waals surface area (Å²) >= 11 is 0. The minimum absolute atomic E-state index is 0.0158. The number of hydrogen-bond donors (Lipinski definition) is 1. The molecule has 3 aromatic rings. The summed E-state index contributed by atoms with van der Waals surface area (Å²) in [6.07, 6.45) is 1.64. The van der Waals surface area contributed by atoms with Crippen molar-refractivity contribution in [1.82, 2.24) is 0 Å². The van der Waals surface area contributed by atoms with E-state index < -0.39 is 11.9 Å². The average Bonchev–Trinajstić information content (AvgIpc) is 2.86. The molecule has 0 bridgehead atoms. The highest BCUT2D eigenvalue weighted by Gasteiger charge is 2.31. The molecule has 1 aliphatic rings. The van der Waals surface area contributed by atoms with E-state index in [-0.39, 0.29) is 11.5 Å². The molecule has 1 aliphatic heterocycles. The number of ether oxygens (including phenoxy) is 4. The molecule has 0 aliphatic carbocycles. The van der Waals surface area contributed by atoms with E-state index in [1.807, 2.05) is 25.1 Å². The number of carbonyl (C=O) groups excluding carboxylic acids is 1. The number of methoxy groups -OCH3 is 1. The number of hydrogen-bond acceptors (Lipinski definition) is 7. The van der Waals surface area contributed by atoms with Crippen molar-refractivity contribution in [1.29, 1.82) is 5.26 Å². The average molecular weight is 469 g/mol. The van der Waals surface area contributed by atoms with Crippen LogP contribution in [0.2, 0.25) is 0 Å². The molecule has 0 amide bonds. The highest BCUT2D eigenvalue weighted by atomic mass is 16.5. The van der Waals surface area contributed by atoms with Crippen molar-refractivity contribution in [2.45, 2.75) is 12.8 Å². The van der Waals surface area contributed by atoms with Gasteiger partial charge in [-0.1, -0.05) is 42.5 Å². The Balaban J connectivity index is 1.69. The molecule has 2 N–H and O–H groups in total. The Morgan fingerprint density at radius 1 is 1.14 bits per heavy atom. The number of rotatable bonds is 7. The summed E-state index contributed by atoms with van der Waals surface area (Å²) in [4.78, 5) is 12.5. The molecule has 176 valence electrons. The van der Waals surface area contributed by atoms with E-state index in [1.54, 1.807) is 55.7 Å². The number of nitriles is 1. The number of esters is 1. The van der Waals surface area contributed by atoms with Crippen LogP contribution in [-0.4, -0.2) is 19.7 Å². The number of aryl methyl sites for hydroxylation is 1. The number of nitrogens with two attached hydrogens (primary N) is 1. The van der Waals surface area contributed by atoms with Crippen LogP contribution in [0.25, 0.3) is 0 Å². The molecule has 0 fully saturated rings. The predicted molar refractivity (Wildman–Crippen MR) is 131 cm³/mol. The van der Waals surface area contributed by atoms with E-state index in [0.29, 0.717) is 40.7 Å². The molecule has 1 atom stereocenters. The molecular weight excluding hydrogens is 444 g/mol. The summed E-state index contributed by atoms with van der Waals surface area (Å²) in [7, 11) is 1.54. The Kier molecular flexibility index (Phi) is 6.74. The van der Waals surface area contributed by atoms with Crippen LogP contribution in [0, 0.1) is 18.3 Å². The second-order valence-electron chi connectivity index (χ2n) is 7.89. The van der Waals surface area contributed by atoms with E-state index in [4.69, 9.17) is 24.7 Å². The van der Waals surface area contributed by atoms with Gasteiger partial charge in [-0.25, -0.2) is 4.79 Å². The van der Waals surface area contributed by atoms with Gasteiger partial charge < -0.3 is 24.7 Å². The highest BCUT2D eigenvalue weighted by molar-refractivity contribution is 5.91. The van der Waals surface area contributed by atoms with Crippen molar-refractivity contribution in [3.63, 3.8) is 0 Å². The lowest BCUT2D eigenvalue weighted by Crippen LogP contribution is -2.21. The SMILES string of the molecule is C=CCOc1ccc(C2C(C#N)=C(N)Oc3cc(OC(=O)c4ccc(C)cc4)ccc32)cc1OC. The second kappa shape index (κ2) is 10.1. The molecule has 0 saturated heterocycles. The Hall–Kier alpha value is -4.70. The third kappa shape index (κ3) is 4.82. The summed E-state index contributed by atoms with van der Waals surface area (Å²) in [5.74, 6) is 0.747. The lowest BCUT2D eigenvalue weighted by molar-refractivity contribution is 0.0734. The smallest absolute Gasteiger partial charge is 0.343 e. The zero-order chi connectivity index (χ0) is 24.9. The first kappa shape index (κ1) is 23.5. The topological polar surface area (TPSA) is 104 Å². The van der Waals surface area contributed by atoms with E-state index in [2.05, 4.69) is 12.6 Å². The van der Waals surface area contributed by atoms with Gasteiger partial charge in [0.1, 0.15) is 29.7 Å². The monoisotopic (exact) mass is 468 g/mol. The highest BCUT2D eigenvalue weighted by Crippen LogP contribution is 2.45. The maximum atomic E-state index is 12.5. The molecule has 0 saturated carbocycles. The number of nitrogens with zero attached hydrogens (tertiary/aromatic N) is 1. The Labute approximate surface area is 203 Å². The Bertz CT molecular complexity index is 1350. The lowest BCUT2D eigenvalue weighted by Gasteiger charge is -2.27. The van der Waals surface area contributed by atoms with Crippen LogP contribution in [0.4, 0.5) is 0 Å². The number of benzene rings is 3. The van der Waals surface area contributed by atoms with E-state index in [1.165, 1.54) is 0 Å². The van der Waals surface area contributed by atoms with Crippen LogP contribution in [-0.2, 0) is 0 Å². The fourth-order valence-corrected chi connectivity index (χ4v) is 3.83. The largest absolute Gasteiger partial charge is 0.493 e. The van der Waals surface area contributed by atoms with Gasteiger partial charge in [-0.15, -0.1) is 0 Å². The Morgan fingerprint density at radius 3 is 2.60 bits per heavy atom. The maximum absolute atomic E-state index is 12.5. The summed E-state index contributed by atoms with van der Waals surface area (Å²) in [5.41, 5.74) is 9.33. The van der Waals surface area contributed by atoms with E-state index in [9.17, 15) is 10.1 Å². The normalized spacial score (nSPS) is 14.3. The zero-order valence-electron chi connectivity index (χ0n) is 19.4. The van der Waals surface area contributed by atoms with E-state index >= 15 is 0 Å². The molecule has 3 aromatic carbocycles. The zero-order valence-corrected chi connectivity index (χ0v) is 19.4. The summed E-state index contributed by atoms with van der Waals surface area (Å²) in [6.45, 7) is 5.93. The van der Waals surface area contributed by atoms with Crippen molar-refractivity contribution >= 4 is 5.97 Å². The van der Waals surface area contributed by atoms with Gasteiger partial charge in [0.2, 0.25) is 5.88 Å². The summed E-state index contributed by atoms with van der Waals surface area (Å²) in [5, 5.41) is 9.83. The third-order valence-corrected chi connectivity index (χ3v) is 5.57. The molecule has 7 heteroatoms. The van der Waals surface area contributed by atoms with Crippen molar-refractivity contribution < 1.29 is 23.7 Å². The van der Waals surface area contributed by atoms with E-state index in [0.717, 1.165) is 11.1 Å². The van der Waals surface area contributed by atoms with Crippen LogP contribution in [0.1, 0.15) is 33.0 Å². The van der Waals surface area contributed by atoms with Crippen LogP contribution in [0.3, 0.4) is 0 Å². The first-order valence-electron chi connectivity index (χ1n) is 10.9. The van der Waals surface area contributed by atoms with Gasteiger partial charge in [0.25, 0.3) is 0 Å². The van der Waals surface area contributed by atoms with Gasteiger partial charge >= 0.3 is 5.97 Å². The van der Waals surface area contributed by atoms with Crippen molar-refractivity contribution in [2.75, 3.05) is 13.7 Å². The fraction of sp³-hybridized carbons (Fsp3) is 0.143. The molecule has 1 heterocycles. The number of carbonyl (C=O) groups is 1. The van der Waals surface area contributed by atoms with Crippen LogP contribution in [0.5, 0.6) is 23.0 Å². The van der Waals surface area contributed by atoms with Gasteiger partial charge in [-0.05, 0) is 42.8 Å². The van der Waals surface area contributed by atoms with Crippen molar-refractivity contribution in [3.05, 3.63) is 107 Å². The quantitative estimate of drug-likeness (QED) is 0.295. The van der Waals surface area contributed by atoms with Gasteiger partial charge in [0.15, 0.2) is 11.5 Å². The first-order chi connectivity index (χ1) is 16.9. The minimum Gasteiger partial charge on any atom is -0.493 e. The molecular formula is C28H24N2O5. The van der Waals surface area contributed by atoms with Gasteiger partial charge in [-0.3, -0.25) is 0 Å². The lowest BCUT2D eigenvalue weighted by atomic mass is 9.83. The molecule has 0 aromatic heterocycles. The van der Waals surface area contributed by atoms with Crippen molar-refractivity contribution in [3.8, 4) is 29.1 Å². The summed E-state index contributed by atoms with van der Waals surface area (Å²) < 4.78 is 22.4. The molecule has 7 nitrogen and oxygen atoms in total. The van der Waals surface area contributed by atoms with Crippen LogP contribution >= 0.6 is 0 Å². The number of allylic oxidation sites excluding steroid dienone is 1.